The van der Waals surface area contributed by atoms with E-state index in [0.29, 0.717) is 5.56 Å². The van der Waals surface area contributed by atoms with Gasteiger partial charge in [-0.25, -0.2) is 0 Å². The maximum atomic E-state index is 10.1. The second-order valence-corrected chi connectivity index (χ2v) is 2.74. The summed E-state index contributed by atoms with van der Waals surface area (Å²) >= 11 is 5.53. The number of carbonyl (C=O) groups is 1. The fourth-order valence-corrected chi connectivity index (χ4v) is 1.03. The van der Waals surface area contributed by atoms with Crippen LogP contribution in [0, 0.1) is 0 Å². The molecule has 1 N–H and O–H groups in total. The van der Waals surface area contributed by atoms with E-state index < -0.39 is 5.97 Å². The molecule has 0 amide bonds. The highest BCUT2D eigenvalue weighted by atomic mass is 35.5. The number of hydrogen-bond acceptors (Lipinski definition) is 3. The van der Waals surface area contributed by atoms with Gasteiger partial charge in [0.1, 0.15) is 5.75 Å². The standard InChI is InChI=1S/C8H7ClO3/c9-6-3-5(4-8(11)12)1-2-7(6)10/h1-3,10H,4H2,(H,11,12)/p-1. The van der Waals surface area contributed by atoms with E-state index in [2.05, 4.69) is 0 Å². The number of carbonyl (C=O) groups excluding carboxylic acids is 1. The number of halogens is 1. The third-order valence-corrected chi connectivity index (χ3v) is 1.66. The van der Waals surface area contributed by atoms with Gasteiger partial charge < -0.3 is 15.0 Å². The van der Waals surface area contributed by atoms with E-state index in [-0.39, 0.29) is 17.2 Å². The molecule has 0 aromatic heterocycles. The molecule has 64 valence electrons. The SMILES string of the molecule is O=C([O-])Cc1ccc(O)c(Cl)c1. The van der Waals surface area contributed by atoms with Crippen molar-refractivity contribution in [3.05, 3.63) is 28.8 Å². The molecule has 0 aliphatic rings. The number of aromatic hydroxyl groups is 1. The van der Waals surface area contributed by atoms with Gasteiger partial charge in [-0.2, -0.15) is 0 Å². The van der Waals surface area contributed by atoms with Gasteiger partial charge in [-0.3, -0.25) is 0 Å². The third kappa shape index (κ3) is 2.13. The summed E-state index contributed by atoms with van der Waals surface area (Å²) in [5.41, 5.74) is 0.512. The summed E-state index contributed by atoms with van der Waals surface area (Å²) in [6.07, 6.45) is -0.194. The first-order chi connectivity index (χ1) is 5.59. The van der Waals surface area contributed by atoms with Crippen molar-refractivity contribution in [3.63, 3.8) is 0 Å². The monoisotopic (exact) mass is 185 g/mol. The van der Waals surface area contributed by atoms with Crippen LogP contribution in [0.25, 0.3) is 0 Å². The number of carboxylic acids is 1. The van der Waals surface area contributed by atoms with Crippen LogP contribution in [-0.4, -0.2) is 11.1 Å². The lowest BCUT2D eigenvalue weighted by molar-refractivity contribution is -0.304. The molecule has 0 radical (unpaired) electrons. The smallest absolute Gasteiger partial charge is 0.134 e. The average Bonchev–Trinajstić information content (AvgIpc) is 1.96. The average molecular weight is 186 g/mol. The van der Waals surface area contributed by atoms with Crippen LogP contribution in [0.2, 0.25) is 5.02 Å². The number of benzene rings is 1. The molecule has 12 heavy (non-hydrogen) atoms. The van der Waals surface area contributed by atoms with E-state index in [0.717, 1.165) is 0 Å². The van der Waals surface area contributed by atoms with Crippen LogP contribution in [0.5, 0.6) is 5.75 Å². The topological polar surface area (TPSA) is 60.4 Å². The van der Waals surface area contributed by atoms with Gasteiger partial charge in [-0.1, -0.05) is 17.7 Å². The number of hydrogen-bond donors (Lipinski definition) is 1. The second-order valence-electron chi connectivity index (χ2n) is 2.33. The van der Waals surface area contributed by atoms with Crippen LogP contribution in [0.4, 0.5) is 0 Å². The highest BCUT2D eigenvalue weighted by Gasteiger charge is 1.99. The van der Waals surface area contributed by atoms with E-state index in [1.807, 2.05) is 0 Å². The van der Waals surface area contributed by atoms with Crippen LogP contribution >= 0.6 is 11.6 Å². The number of phenolic OH excluding ortho intramolecular Hbond substituents is 1. The Bertz CT molecular complexity index is 309. The zero-order chi connectivity index (χ0) is 9.14. The first-order valence-corrected chi connectivity index (χ1v) is 3.64. The number of carboxylic acid groups (broad SMARTS) is 1. The molecule has 0 heterocycles. The molecule has 0 fully saturated rings. The molecule has 0 spiro atoms. The largest absolute Gasteiger partial charge is 0.550 e. The first-order valence-electron chi connectivity index (χ1n) is 3.27. The Morgan fingerprint density at radius 1 is 1.58 bits per heavy atom. The van der Waals surface area contributed by atoms with E-state index in [1.54, 1.807) is 0 Å². The summed E-state index contributed by atoms with van der Waals surface area (Å²) in [6.45, 7) is 0. The minimum absolute atomic E-state index is 0.0567. The molecule has 0 aliphatic carbocycles. The van der Waals surface area contributed by atoms with Gasteiger partial charge in [-0.05, 0) is 17.7 Å². The molecule has 4 heteroatoms. The molecular formula is C8H6ClO3-. The zero-order valence-corrected chi connectivity index (χ0v) is 6.84. The van der Waals surface area contributed by atoms with Crippen molar-refractivity contribution in [1.29, 1.82) is 0 Å². The maximum Gasteiger partial charge on any atom is 0.134 e. The Morgan fingerprint density at radius 2 is 2.25 bits per heavy atom. The summed E-state index contributed by atoms with van der Waals surface area (Å²) in [5, 5.41) is 19.3. The predicted molar refractivity (Wildman–Crippen MR) is 41.8 cm³/mol. The van der Waals surface area contributed by atoms with Crippen molar-refractivity contribution in [3.8, 4) is 5.75 Å². The Morgan fingerprint density at radius 3 is 2.75 bits per heavy atom. The normalized spacial score (nSPS) is 9.75. The maximum absolute atomic E-state index is 10.1. The van der Waals surface area contributed by atoms with Crippen LogP contribution in [0.1, 0.15) is 5.56 Å². The van der Waals surface area contributed by atoms with Crippen molar-refractivity contribution in [1.82, 2.24) is 0 Å². The highest BCUT2D eigenvalue weighted by molar-refractivity contribution is 6.32. The van der Waals surface area contributed by atoms with Crippen molar-refractivity contribution >= 4 is 17.6 Å². The highest BCUT2D eigenvalue weighted by Crippen LogP contribution is 2.23. The minimum atomic E-state index is -1.17. The van der Waals surface area contributed by atoms with Gasteiger partial charge in [-0.15, -0.1) is 0 Å². The number of rotatable bonds is 2. The molecule has 0 unspecified atom stereocenters. The van der Waals surface area contributed by atoms with Gasteiger partial charge in [0.25, 0.3) is 0 Å². The van der Waals surface area contributed by atoms with E-state index in [4.69, 9.17) is 16.7 Å². The van der Waals surface area contributed by atoms with Crippen LogP contribution in [0.3, 0.4) is 0 Å². The number of aliphatic carboxylic acids is 1. The van der Waals surface area contributed by atoms with Gasteiger partial charge in [0.15, 0.2) is 0 Å². The third-order valence-electron chi connectivity index (χ3n) is 1.36. The lowest BCUT2D eigenvalue weighted by atomic mass is 10.1. The summed E-state index contributed by atoms with van der Waals surface area (Å²) in [7, 11) is 0. The predicted octanol–water partition coefficient (Wildman–Crippen LogP) is 0.338. The summed E-state index contributed by atoms with van der Waals surface area (Å²) < 4.78 is 0. The van der Waals surface area contributed by atoms with E-state index in [1.165, 1.54) is 18.2 Å². The van der Waals surface area contributed by atoms with E-state index >= 15 is 0 Å². The molecule has 1 aromatic rings. The Labute approximate surface area is 74.2 Å². The van der Waals surface area contributed by atoms with Gasteiger partial charge in [0.05, 0.1) is 5.02 Å². The molecule has 3 nitrogen and oxygen atoms in total. The lowest BCUT2D eigenvalue weighted by Gasteiger charge is -2.03. The van der Waals surface area contributed by atoms with Gasteiger partial charge in [0.2, 0.25) is 0 Å². The minimum Gasteiger partial charge on any atom is -0.550 e. The second kappa shape index (κ2) is 3.45. The summed E-state index contributed by atoms with van der Waals surface area (Å²) in [4.78, 5) is 10.1. The van der Waals surface area contributed by atoms with Gasteiger partial charge >= 0.3 is 0 Å². The van der Waals surface area contributed by atoms with Crippen molar-refractivity contribution in [2.45, 2.75) is 6.42 Å². The molecule has 1 rings (SSSR count). The Hall–Kier alpha value is -1.22. The molecule has 0 atom stereocenters. The van der Waals surface area contributed by atoms with Crippen molar-refractivity contribution < 1.29 is 15.0 Å². The van der Waals surface area contributed by atoms with Crippen LogP contribution < -0.4 is 5.11 Å². The van der Waals surface area contributed by atoms with Crippen LogP contribution in [0.15, 0.2) is 18.2 Å². The molecule has 0 saturated carbocycles. The van der Waals surface area contributed by atoms with Crippen molar-refractivity contribution in [2.75, 3.05) is 0 Å². The number of phenols is 1. The first kappa shape index (κ1) is 8.87. The summed E-state index contributed by atoms with van der Waals surface area (Å²) in [5.74, 6) is -1.23. The molecule has 0 aliphatic heterocycles. The Balaban J connectivity index is 2.89. The lowest BCUT2D eigenvalue weighted by Crippen LogP contribution is -2.24. The zero-order valence-electron chi connectivity index (χ0n) is 6.08. The fourth-order valence-electron chi connectivity index (χ4n) is 0.827. The fraction of sp³-hybridized carbons (Fsp3) is 0.125. The van der Waals surface area contributed by atoms with Crippen LogP contribution in [-0.2, 0) is 11.2 Å². The summed E-state index contributed by atoms with van der Waals surface area (Å²) in [6, 6.07) is 4.23. The molecule has 1 aromatic carbocycles. The molecular weight excluding hydrogens is 180 g/mol. The molecule has 0 bridgehead atoms. The van der Waals surface area contributed by atoms with Gasteiger partial charge in [0, 0.05) is 12.4 Å². The van der Waals surface area contributed by atoms with E-state index in [9.17, 15) is 9.90 Å². The quantitative estimate of drug-likeness (QED) is 0.723. The van der Waals surface area contributed by atoms with Crippen molar-refractivity contribution in [2.24, 2.45) is 0 Å². The molecule has 0 saturated heterocycles. The Kier molecular flexibility index (Phi) is 2.55.